The normalized spacial score (nSPS) is 10.4. The van der Waals surface area contributed by atoms with E-state index in [0.717, 1.165) is 5.56 Å². The Kier molecular flexibility index (Phi) is 3.07. The molecule has 0 unspecified atom stereocenters. The van der Waals surface area contributed by atoms with Crippen LogP contribution in [0, 0.1) is 13.8 Å². The lowest BCUT2D eigenvalue weighted by Crippen LogP contribution is -1.88. The number of benzene rings is 2. The second kappa shape index (κ2) is 4.50. The first-order valence-electron chi connectivity index (χ1n) is 5.48. The summed E-state index contributed by atoms with van der Waals surface area (Å²) in [7, 11) is 0. The molecule has 0 atom stereocenters. The summed E-state index contributed by atoms with van der Waals surface area (Å²) in [5.41, 5.74) is 5.87. The minimum Gasteiger partial charge on any atom is -0.392 e. The monoisotopic (exact) mass is 212 g/mol. The van der Waals surface area contributed by atoms with Crippen molar-refractivity contribution in [2.24, 2.45) is 0 Å². The van der Waals surface area contributed by atoms with Crippen LogP contribution < -0.4 is 0 Å². The van der Waals surface area contributed by atoms with Gasteiger partial charge in [0.15, 0.2) is 0 Å². The molecule has 82 valence electrons. The van der Waals surface area contributed by atoms with Gasteiger partial charge in [-0.2, -0.15) is 0 Å². The van der Waals surface area contributed by atoms with Gasteiger partial charge in [-0.3, -0.25) is 0 Å². The Hall–Kier alpha value is -1.60. The first-order chi connectivity index (χ1) is 7.70. The number of hydrogen-bond acceptors (Lipinski definition) is 1. The number of aliphatic hydroxyl groups excluding tert-OH is 1. The zero-order valence-electron chi connectivity index (χ0n) is 9.70. The van der Waals surface area contributed by atoms with Gasteiger partial charge in [-0.1, -0.05) is 42.0 Å². The van der Waals surface area contributed by atoms with Crippen LogP contribution in [0.3, 0.4) is 0 Å². The van der Waals surface area contributed by atoms with Crippen LogP contribution in [0.15, 0.2) is 42.5 Å². The molecule has 0 radical (unpaired) electrons. The van der Waals surface area contributed by atoms with Crippen LogP contribution in [0.25, 0.3) is 11.1 Å². The standard InChI is InChI=1S/C15H16O/c1-11-3-7-14(8-4-11)15-9-13(10-16)6-5-12(15)2/h3-9,16H,10H2,1-2H3. The lowest BCUT2D eigenvalue weighted by molar-refractivity contribution is 0.282. The number of aliphatic hydroxyl groups is 1. The summed E-state index contributed by atoms with van der Waals surface area (Å²) in [6, 6.07) is 14.5. The highest BCUT2D eigenvalue weighted by Crippen LogP contribution is 2.24. The largest absolute Gasteiger partial charge is 0.392 e. The van der Waals surface area contributed by atoms with Gasteiger partial charge in [0.05, 0.1) is 6.61 Å². The third-order valence-electron chi connectivity index (χ3n) is 2.85. The van der Waals surface area contributed by atoms with Crippen molar-refractivity contribution in [3.63, 3.8) is 0 Å². The Labute approximate surface area is 96.4 Å². The Morgan fingerprint density at radius 2 is 1.62 bits per heavy atom. The molecule has 0 aliphatic heterocycles. The molecule has 0 bridgehead atoms. The molecule has 16 heavy (non-hydrogen) atoms. The minimum absolute atomic E-state index is 0.0964. The van der Waals surface area contributed by atoms with Gasteiger partial charge < -0.3 is 5.11 Å². The summed E-state index contributed by atoms with van der Waals surface area (Å²) >= 11 is 0. The van der Waals surface area contributed by atoms with E-state index in [0.29, 0.717) is 0 Å². The summed E-state index contributed by atoms with van der Waals surface area (Å²) < 4.78 is 0. The molecule has 0 saturated heterocycles. The van der Waals surface area contributed by atoms with Crippen molar-refractivity contribution in [3.05, 3.63) is 59.2 Å². The van der Waals surface area contributed by atoms with Crippen molar-refractivity contribution in [2.45, 2.75) is 20.5 Å². The van der Waals surface area contributed by atoms with E-state index in [9.17, 15) is 0 Å². The van der Waals surface area contributed by atoms with Crippen LogP contribution in [0.4, 0.5) is 0 Å². The van der Waals surface area contributed by atoms with Crippen molar-refractivity contribution >= 4 is 0 Å². The van der Waals surface area contributed by atoms with E-state index < -0.39 is 0 Å². The average Bonchev–Trinajstić information content (AvgIpc) is 2.31. The SMILES string of the molecule is Cc1ccc(-c2cc(CO)ccc2C)cc1. The highest BCUT2D eigenvalue weighted by atomic mass is 16.3. The summed E-state index contributed by atoms with van der Waals surface area (Å²) in [4.78, 5) is 0. The predicted molar refractivity (Wildman–Crippen MR) is 67.3 cm³/mol. The highest BCUT2D eigenvalue weighted by molar-refractivity contribution is 5.68. The predicted octanol–water partition coefficient (Wildman–Crippen LogP) is 3.46. The summed E-state index contributed by atoms with van der Waals surface area (Å²) in [5.74, 6) is 0. The molecule has 1 nitrogen and oxygen atoms in total. The van der Waals surface area contributed by atoms with E-state index in [1.54, 1.807) is 0 Å². The van der Waals surface area contributed by atoms with Crippen molar-refractivity contribution in [2.75, 3.05) is 0 Å². The third kappa shape index (κ3) is 2.15. The molecule has 0 saturated carbocycles. The van der Waals surface area contributed by atoms with Crippen molar-refractivity contribution < 1.29 is 5.11 Å². The average molecular weight is 212 g/mol. The Morgan fingerprint density at radius 1 is 0.938 bits per heavy atom. The summed E-state index contributed by atoms with van der Waals surface area (Å²) in [5, 5.41) is 9.14. The molecule has 2 aromatic carbocycles. The quantitative estimate of drug-likeness (QED) is 0.808. The lowest BCUT2D eigenvalue weighted by Gasteiger charge is -2.08. The van der Waals surface area contributed by atoms with Crippen LogP contribution in [0.2, 0.25) is 0 Å². The van der Waals surface area contributed by atoms with Gasteiger partial charge in [0.2, 0.25) is 0 Å². The summed E-state index contributed by atoms with van der Waals surface area (Å²) in [6.07, 6.45) is 0. The highest BCUT2D eigenvalue weighted by Gasteiger charge is 2.02. The molecule has 0 spiro atoms. The van der Waals surface area contributed by atoms with E-state index in [2.05, 4.69) is 50.2 Å². The maximum absolute atomic E-state index is 9.14. The fraction of sp³-hybridized carbons (Fsp3) is 0.200. The molecule has 0 heterocycles. The molecular formula is C15H16O. The third-order valence-corrected chi connectivity index (χ3v) is 2.85. The molecule has 1 heteroatoms. The second-order valence-corrected chi connectivity index (χ2v) is 4.17. The topological polar surface area (TPSA) is 20.2 Å². The molecule has 0 aliphatic rings. The number of aryl methyl sites for hydroxylation is 2. The van der Waals surface area contributed by atoms with Crippen LogP contribution in [-0.2, 0) is 6.61 Å². The van der Waals surface area contributed by atoms with Gasteiger partial charge >= 0.3 is 0 Å². The van der Waals surface area contributed by atoms with Gasteiger partial charge in [0.1, 0.15) is 0 Å². The van der Waals surface area contributed by atoms with Gasteiger partial charge in [-0.05, 0) is 42.2 Å². The first-order valence-corrected chi connectivity index (χ1v) is 5.48. The second-order valence-electron chi connectivity index (χ2n) is 4.17. The molecule has 0 aromatic heterocycles. The fourth-order valence-corrected chi connectivity index (χ4v) is 1.81. The Balaban J connectivity index is 2.50. The van der Waals surface area contributed by atoms with Gasteiger partial charge in [-0.25, -0.2) is 0 Å². The van der Waals surface area contributed by atoms with E-state index in [4.69, 9.17) is 5.11 Å². The minimum atomic E-state index is 0.0964. The van der Waals surface area contributed by atoms with Crippen molar-refractivity contribution in [1.29, 1.82) is 0 Å². The van der Waals surface area contributed by atoms with Crippen LogP contribution in [-0.4, -0.2) is 5.11 Å². The molecule has 1 N–H and O–H groups in total. The van der Waals surface area contributed by atoms with E-state index in [1.165, 1.54) is 22.3 Å². The van der Waals surface area contributed by atoms with Crippen molar-refractivity contribution in [1.82, 2.24) is 0 Å². The van der Waals surface area contributed by atoms with E-state index >= 15 is 0 Å². The molecule has 0 amide bonds. The molecule has 0 fully saturated rings. The molecule has 2 rings (SSSR count). The number of hydrogen-bond donors (Lipinski definition) is 1. The van der Waals surface area contributed by atoms with E-state index in [1.807, 2.05) is 6.07 Å². The molecule has 2 aromatic rings. The molecule has 0 aliphatic carbocycles. The molecular weight excluding hydrogens is 196 g/mol. The maximum atomic E-state index is 9.14. The van der Waals surface area contributed by atoms with Crippen molar-refractivity contribution in [3.8, 4) is 11.1 Å². The van der Waals surface area contributed by atoms with E-state index in [-0.39, 0.29) is 6.61 Å². The lowest BCUT2D eigenvalue weighted by atomic mass is 9.97. The fourth-order valence-electron chi connectivity index (χ4n) is 1.81. The van der Waals surface area contributed by atoms with Gasteiger partial charge in [-0.15, -0.1) is 0 Å². The Morgan fingerprint density at radius 3 is 2.25 bits per heavy atom. The first kappa shape index (κ1) is 10.9. The van der Waals surface area contributed by atoms with Gasteiger partial charge in [0.25, 0.3) is 0 Å². The maximum Gasteiger partial charge on any atom is 0.0682 e. The smallest absolute Gasteiger partial charge is 0.0682 e. The Bertz CT molecular complexity index is 483. The van der Waals surface area contributed by atoms with Crippen LogP contribution in [0.1, 0.15) is 16.7 Å². The zero-order chi connectivity index (χ0) is 11.5. The van der Waals surface area contributed by atoms with Gasteiger partial charge in [0, 0.05) is 0 Å². The zero-order valence-corrected chi connectivity index (χ0v) is 9.70. The summed E-state index contributed by atoms with van der Waals surface area (Å²) in [6.45, 7) is 4.27. The number of rotatable bonds is 2. The van der Waals surface area contributed by atoms with Crippen LogP contribution >= 0.6 is 0 Å². The van der Waals surface area contributed by atoms with Crippen LogP contribution in [0.5, 0.6) is 0 Å².